The quantitative estimate of drug-likeness (QED) is 0.665. The van der Waals surface area contributed by atoms with Gasteiger partial charge in [0.15, 0.2) is 0 Å². The maximum absolute atomic E-state index is 12.7. The van der Waals surface area contributed by atoms with E-state index in [9.17, 15) is 9.59 Å². The first kappa shape index (κ1) is 22.7. The number of aryl methyl sites for hydroxylation is 1. The molecular formula is C20H27ClN6O4. The largest absolute Gasteiger partial charge is 0.495 e. The molecule has 11 heteroatoms. The molecule has 0 radical (unpaired) electrons. The van der Waals surface area contributed by atoms with Crippen LogP contribution in [-0.4, -0.2) is 85.0 Å². The summed E-state index contributed by atoms with van der Waals surface area (Å²) in [6.07, 6.45) is 1.67. The normalized spacial score (nSPS) is 14.3. The third-order valence-electron chi connectivity index (χ3n) is 5.00. The Balaban J connectivity index is 1.42. The summed E-state index contributed by atoms with van der Waals surface area (Å²) in [5, 5.41) is 10.2. The van der Waals surface area contributed by atoms with Crippen molar-refractivity contribution in [2.75, 3.05) is 58.8 Å². The fourth-order valence-electron chi connectivity index (χ4n) is 3.38. The first-order valence-electron chi connectivity index (χ1n) is 9.89. The second kappa shape index (κ2) is 10.4. The fraction of sp³-hybridized carbons (Fsp3) is 0.450. The molecular weight excluding hydrogens is 424 g/mol. The number of anilines is 1. The van der Waals surface area contributed by atoms with E-state index in [0.717, 1.165) is 13.1 Å². The number of hydrogen-bond donors (Lipinski definition) is 2. The van der Waals surface area contributed by atoms with E-state index in [1.807, 2.05) is 0 Å². The van der Waals surface area contributed by atoms with E-state index >= 15 is 0 Å². The Morgan fingerprint density at radius 1 is 1.16 bits per heavy atom. The van der Waals surface area contributed by atoms with Crippen molar-refractivity contribution in [1.82, 2.24) is 24.9 Å². The molecule has 3 amide bonds. The van der Waals surface area contributed by atoms with Gasteiger partial charge in [-0.2, -0.15) is 0 Å². The molecule has 0 aliphatic carbocycles. The Morgan fingerprint density at radius 3 is 2.58 bits per heavy atom. The van der Waals surface area contributed by atoms with Gasteiger partial charge in [0, 0.05) is 57.5 Å². The van der Waals surface area contributed by atoms with Gasteiger partial charge >= 0.3 is 6.03 Å². The molecule has 0 spiro atoms. The van der Waals surface area contributed by atoms with Crippen molar-refractivity contribution in [1.29, 1.82) is 0 Å². The number of carbonyl (C=O) groups is 2. The summed E-state index contributed by atoms with van der Waals surface area (Å²) in [4.78, 5) is 28.9. The van der Waals surface area contributed by atoms with Crippen molar-refractivity contribution < 1.29 is 19.1 Å². The molecule has 1 fully saturated rings. The average Bonchev–Trinajstić information content (AvgIpc) is 3.14. The third kappa shape index (κ3) is 5.80. The molecule has 2 N–H and O–H groups in total. The second-order valence-electron chi connectivity index (χ2n) is 7.09. The summed E-state index contributed by atoms with van der Waals surface area (Å²) < 4.78 is 12.0. The lowest BCUT2D eigenvalue weighted by atomic mass is 10.2. The Labute approximate surface area is 186 Å². The van der Waals surface area contributed by atoms with Gasteiger partial charge < -0.3 is 25.0 Å². The van der Waals surface area contributed by atoms with Gasteiger partial charge in [-0.25, -0.2) is 4.79 Å². The third-order valence-corrected chi connectivity index (χ3v) is 5.24. The molecule has 168 valence electrons. The minimum atomic E-state index is -0.335. The Bertz CT molecular complexity index is 926. The van der Waals surface area contributed by atoms with Crippen molar-refractivity contribution in [3.05, 3.63) is 35.0 Å². The van der Waals surface area contributed by atoms with Crippen LogP contribution in [-0.2, 0) is 7.05 Å². The average molecular weight is 451 g/mol. The van der Waals surface area contributed by atoms with Crippen LogP contribution in [0, 0.1) is 0 Å². The highest BCUT2D eigenvalue weighted by atomic mass is 35.5. The first-order valence-corrected chi connectivity index (χ1v) is 10.3. The second-order valence-corrected chi connectivity index (χ2v) is 7.52. The summed E-state index contributed by atoms with van der Waals surface area (Å²) in [6, 6.07) is 4.68. The number of nitrogens with zero attached hydrogens (tertiary/aromatic N) is 4. The van der Waals surface area contributed by atoms with Crippen LogP contribution in [0.3, 0.4) is 0 Å². The number of rotatable bonds is 7. The van der Waals surface area contributed by atoms with Gasteiger partial charge in [0.2, 0.25) is 5.88 Å². The van der Waals surface area contributed by atoms with E-state index in [4.69, 9.17) is 21.1 Å². The molecule has 0 unspecified atom stereocenters. The summed E-state index contributed by atoms with van der Waals surface area (Å²) in [5.41, 5.74) is 0.971. The maximum atomic E-state index is 12.7. The molecule has 1 aromatic carbocycles. The molecule has 1 saturated heterocycles. The SMILES string of the molecule is COc1ccc(Cl)cc1NC(=O)NCCN1CCN(C(=O)c2cn(C)nc2OC)CC1. The Kier molecular flexibility index (Phi) is 7.59. The topological polar surface area (TPSA) is 101 Å². The molecule has 2 heterocycles. The molecule has 0 saturated carbocycles. The highest BCUT2D eigenvalue weighted by Crippen LogP contribution is 2.27. The van der Waals surface area contributed by atoms with Gasteiger partial charge in [-0.15, -0.1) is 5.10 Å². The molecule has 10 nitrogen and oxygen atoms in total. The Hall–Kier alpha value is -2.98. The smallest absolute Gasteiger partial charge is 0.319 e. The molecule has 3 rings (SSSR count). The molecule has 0 atom stereocenters. The highest BCUT2D eigenvalue weighted by Gasteiger charge is 2.26. The van der Waals surface area contributed by atoms with E-state index < -0.39 is 0 Å². The minimum Gasteiger partial charge on any atom is -0.495 e. The van der Waals surface area contributed by atoms with Gasteiger partial charge in [-0.3, -0.25) is 14.4 Å². The van der Waals surface area contributed by atoms with E-state index in [2.05, 4.69) is 20.6 Å². The first-order chi connectivity index (χ1) is 14.9. The van der Waals surface area contributed by atoms with Crippen LogP contribution in [0.1, 0.15) is 10.4 Å². The van der Waals surface area contributed by atoms with E-state index in [1.165, 1.54) is 14.2 Å². The maximum Gasteiger partial charge on any atom is 0.319 e. The van der Waals surface area contributed by atoms with Gasteiger partial charge in [0.25, 0.3) is 5.91 Å². The van der Waals surface area contributed by atoms with Crippen LogP contribution in [0.5, 0.6) is 11.6 Å². The zero-order chi connectivity index (χ0) is 22.4. The number of urea groups is 1. The van der Waals surface area contributed by atoms with Gasteiger partial charge in [-0.1, -0.05) is 11.6 Å². The van der Waals surface area contributed by atoms with E-state index in [0.29, 0.717) is 54.1 Å². The monoisotopic (exact) mass is 450 g/mol. The molecule has 1 aromatic heterocycles. The lowest BCUT2D eigenvalue weighted by molar-refractivity contribution is 0.0636. The molecule has 31 heavy (non-hydrogen) atoms. The van der Waals surface area contributed by atoms with Crippen LogP contribution in [0.2, 0.25) is 5.02 Å². The van der Waals surface area contributed by atoms with Crippen LogP contribution in [0.25, 0.3) is 0 Å². The fourth-order valence-corrected chi connectivity index (χ4v) is 3.55. The number of halogens is 1. The number of hydrogen-bond acceptors (Lipinski definition) is 6. The number of methoxy groups -OCH3 is 2. The van der Waals surface area contributed by atoms with Crippen molar-refractivity contribution in [3.8, 4) is 11.6 Å². The van der Waals surface area contributed by atoms with Crippen molar-refractivity contribution in [2.24, 2.45) is 7.05 Å². The van der Waals surface area contributed by atoms with Crippen molar-refractivity contribution in [3.63, 3.8) is 0 Å². The van der Waals surface area contributed by atoms with Gasteiger partial charge in [0.05, 0.1) is 19.9 Å². The summed E-state index contributed by atoms with van der Waals surface area (Å²) in [5.74, 6) is 0.782. The van der Waals surface area contributed by atoms with Crippen LogP contribution in [0.15, 0.2) is 24.4 Å². The van der Waals surface area contributed by atoms with Gasteiger partial charge in [0.1, 0.15) is 11.3 Å². The summed E-state index contributed by atoms with van der Waals surface area (Å²) in [6.45, 7) is 3.79. The molecule has 2 aromatic rings. The van der Waals surface area contributed by atoms with Crippen LogP contribution in [0.4, 0.5) is 10.5 Å². The molecule has 0 bridgehead atoms. The summed E-state index contributed by atoms with van der Waals surface area (Å²) in [7, 11) is 4.78. The van der Waals surface area contributed by atoms with Crippen molar-refractivity contribution >= 4 is 29.2 Å². The molecule has 1 aliphatic heterocycles. The zero-order valence-electron chi connectivity index (χ0n) is 17.9. The lowest BCUT2D eigenvalue weighted by Crippen LogP contribution is -2.50. The number of piperazine rings is 1. The Morgan fingerprint density at radius 2 is 1.90 bits per heavy atom. The number of amides is 3. The predicted octanol–water partition coefficient (Wildman–Crippen LogP) is 1.67. The summed E-state index contributed by atoms with van der Waals surface area (Å²) >= 11 is 5.98. The zero-order valence-corrected chi connectivity index (χ0v) is 18.6. The van der Waals surface area contributed by atoms with E-state index in [-0.39, 0.29) is 11.9 Å². The lowest BCUT2D eigenvalue weighted by Gasteiger charge is -2.34. The number of benzene rings is 1. The number of ether oxygens (including phenoxy) is 2. The number of aromatic nitrogens is 2. The number of carbonyl (C=O) groups excluding carboxylic acids is 2. The highest BCUT2D eigenvalue weighted by molar-refractivity contribution is 6.31. The van der Waals surface area contributed by atoms with E-state index in [1.54, 1.807) is 41.0 Å². The van der Waals surface area contributed by atoms with Crippen LogP contribution >= 0.6 is 11.6 Å². The van der Waals surface area contributed by atoms with Crippen molar-refractivity contribution in [2.45, 2.75) is 0 Å². The number of nitrogens with one attached hydrogen (secondary N) is 2. The standard InChI is InChI=1S/C20H27ClN6O4/c1-25-13-15(18(24-25)31-3)19(28)27-10-8-26(9-11-27)7-6-22-20(29)23-16-12-14(21)4-5-17(16)30-2/h4-5,12-13H,6-11H2,1-3H3,(H2,22,23,29). The molecule has 1 aliphatic rings. The van der Waals surface area contributed by atoms with Gasteiger partial charge in [-0.05, 0) is 18.2 Å². The minimum absolute atomic E-state index is 0.0856. The van der Waals surface area contributed by atoms with Crippen LogP contribution < -0.4 is 20.1 Å². The predicted molar refractivity (Wildman–Crippen MR) is 117 cm³/mol.